The van der Waals surface area contributed by atoms with Gasteiger partial charge in [0.15, 0.2) is 5.82 Å². The first-order valence-electron chi connectivity index (χ1n) is 9.91. The number of ether oxygens (including phenoxy) is 1. The summed E-state index contributed by atoms with van der Waals surface area (Å²) in [6.45, 7) is 3.69. The molecule has 1 atom stereocenters. The first-order chi connectivity index (χ1) is 14.2. The number of aryl methyl sites for hydroxylation is 1. The van der Waals surface area contributed by atoms with Gasteiger partial charge in [0.05, 0.1) is 12.7 Å². The van der Waals surface area contributed by atoms with Crippen LogP contribution in [0.1, 0.15) is 34.8 Å². The monoisotopic (exact) mass is 392 g/mol. The Morgan fingerprint density at radius 2 is 2.03 bits per heavy atom. The van der Waals surface area contributed by atoms with E-state index in [0.717, 1.165) is 30.6 Å². The van der Waals surface area contributed by atoms with Gasteiger partial charge >= 0.3 is 0 Å². The fourth-order valence-corrected chi connectivity index (χ4v) is 3.45. The molecule has 7 nitrogen and oxygen atoms in total. The minimum atomic E-state index is -0.0346. The number of carbonyl (C=O) groups excluding carboxylic acids is 1. The number of amides is 1. The first-order valence-corrected chi connectivity index (χ1v) is 9.91. The van der Waals surface area contributed by atoms with Crippen molar-refractivity contribution in [3.8, 4) is 11.5 Å². The summed E-state index contributed by atoms with van der Waals surface area (Å²) < 4.78 is 11.3. The molecule has 29 heavy (non-hydrogen) atoms. The van der Waals surface area contributed by atoms with Crippen LogP contribution in [0, 0.1) is 6.92 Å². The van der Waals surface area contributed by atoms with Gasteiger partial charge in [-0.1, -0.05) is 29.4 Å². The summed E-state index contributed by atoms with van der Waals surface area (Å²) in [7, 11) is 0. The fraction of sp³-hybridized carbons (Fsp3) is 0.364. The van der Waals surface area contributed by atoms with Gasteiger partial charge in [-0.25, -0.2) is 4.98 Å². The SMILES string of the molecule is Cc1cccc(C(=O)N2CCCC(OCCc3noc(-c4ccccc4)n3)C2)n1. The van der Waals surface area contributed by atoms with E-state index in [4.69, 9.17) is 9.26 Å². The zero-order valence-corrected chi connectivity index (χ0v) is 16.5. The molecule has 1 fully saturated rings. The van der Waals surface area contributed by atoms with Crippen LogP contribution in [0.5, 0.6) is 0 Å². The Balaban J connectivity index is 1.28. The molecule has 2 aromatic heterocycles. The number of nitrogens with zero attached hydrogens (tertiary/aromatic N) is 4. The van der Waals surface area contributed by atoms with E-state index in [1.54, 1.807) is 6.07 Å². The number of hydrogen-bond acceptors (Lipinski definition) is 6. The smallest absolute Gasteiger partial charge is 0.272 e. The standard InChI is InChI=1S/C22H24N4O3/c1-16-7-5-11-19(23-16)22(27)26-13-6-10-18(15-26)28-14-12-20-24-21(29-25-20)17-8-3-2-4-9-17/h2-5,7-9,11,18H,6,10,12-15H2,1H3. The molecule has 1 saturated heterocycles. The van der Waals surface area contributed by atoms with Crippen LogP contribution in [0.3, 0.4) is 0 Å². The molecule has 150 valence electrons. The number of aromatic nitrogens is 3. The number of piperidine rings is 1. The van der Waals surface area contributed by atoms with Crippen molar-refractivity contribution in [1.29, 1.82) is 0 Å². The maximum atomic E-state index is 12.7. The van der Waals surface area contributed by atoms with Gasteiger partial charge < -0.3 is 14.2 Å². The zero-order valence-electron chi connectivity index (χ0n) is 16.5. The predicted molar refractivity (Wildman–Crippen MR) is 107 cm³/mol. The minimum absolute atomic E-state index is 0.0120. The summed E-state index contributed by atoms with van der Waals surface area (Å²) >= 11 is 0. The van der Waals surface area contributed by atoms with Crippen molar-refractivity contribution in [3.05, 3.63) is 65.7 Å². The number of hydrogen-bond donors (Lipinski definition) is 0. The van der Waals surface area contributed by atoms with Crippen molar-refractivity contribution in [3.63, 3.8) is 0 Å². The van der Waals surface area contributed by atoms with Crippen LogP contribution in [0.25, 0.3) is 11.5 Å². The van der Waals surface area contributed by atoms with Crippen LogP contribution in [0.4, 0.5) is 0 Å². The second-order valence-electron chi connectivity index (χ2n) is 7.18. The molecule has 0 N–H and O–H groups in total. The molecule has 1 unspecified atom stereocenters. The highest BCUT2D eigenvalue weighted by molar-refractivity contribution is 5.92. The molecule has 4 rings (SSSR count). The molecule has 0 radical (unpaired) electrons. The zero-order chi connectivity index (χ0) is 20.1. The Labute approximate surface area is 169 Å². The molecule has 3 heterocycles. The lowest BCUT2D eigenvalue weighted by Gasteiger charge is -2.32. The largest absolute Gasteiger partial charge is 0.376 e. The number of rotatable bonds is 6. The van der Waals surface area contributed by atoms with E-state index in [9.17, 15) is 4.79 Å². The third-order valence-corrected chi connectivity index (χ3v) is 4.94. The lowest BCUT2D eigenvalue weighted by atomic mass is 10.1. The van der Waals surface area contributed by atoms with Crippen molar-refractivity contribution < 1.29 is 14.1 Å². The Bertz CT molecular complexity index is 957. The van der Waals surface area contributed by atoms with Crippen LogP contribution in [-0.2, 0) is 11.2 Å². The van der Waals surface area contributed by atoms with E-state index in [-0.39, 0.29) is 12.0 Å². The Morgan fingerprint density at radius 1 is 1.17 bits per heavy atom. The summed E-state index contributed by atoms with van der Waals surface area (Å²) in [4.78, 5) is 23.3. The van der Waals surface area contributed by atoms with Gasteiger partial charge in [0.25, 0.3) is 11.8 Å². The second kappa shape index (κ2) is 8.96. The van der Waals surface area contributed by atoms with Gasteiger partial charge in [-0.3, -0.25) is 4.79 Å². The van der Waals surface area contributed by atoms with Gasteiger partial charge in [-0.05, 0) is 44.0 Å². The molecule has 1 aliphatic rings. The second-order valence-corrected chi connectivity index (χ2v) is 7.18. The molecule has 0 aliphatic carbocycles. The molecule has 1 amide bonds. The van der Waals surface area contributed by atoms with Gasteiger partial charge in [0.1, 0.15) is 5.69 Å². The summed E-state index contributed by atoms with van der Waals surface area (Å²) in [6.07, 6.45) is 2.44. The normalized spacial score (nSPS) is 16.7. The maximum absolute atomic E-state index is 12.7. The van der Waals surface area contributed by atoms with Crippen molar-refractivity contribution in [2.24, 2.45) is 0 Å². The Hall–Kier alpha value is -3.06. The first kappa shape index (κ1) is 19.3. The molecular weight excluding hydrogens is 368 g/mol. The van der Waals surface area contributed by atoms with E-state index < -0.39 is 0 Å². The van der Waals surface area contributed by atoms with Crippen LogP contribution >= 0.6 is 0 Å². The Kier molecular flexibility index (Phi) is 5.95. The van der Waals surface area contributed by atoms with E-state index >= 15 is 0 Å². The molecular formula is C22H24N4O3. The van der Waals surface area contributed by atoms with Crippen LogP contribution in [0.2, 0.25) is 0 Å². The summed E-state index contributed by atoms with van der Waals surface area (Å²) in [5, 5.41) is 4.03. The van der Waals surface area contributed by atoms with Crippen LogP contribution in [0.15, 0.2) is 53.1 Å². The fourth-order valence-electron chi connectivity index (χ4n) is 3.45. The van der Waals surface area contributed by atoms with E-state index in [2.05, 4.69) is 15.1 Å². The highest BCUT2D eigenvalue weighted by atomic mass is 16.5. The lowest BCUT2D eigenvalue weighted by Crippen LogP contribution is -2.43. The third-order valence-electron chi connectivity index (χ3n) is 4.94. The molecule has 0 bridgehead atoms. The van der Waals surface area contributed by atoms with E-state index in [0.29, 0.717) is 37.0 Å². The summed E-state index contributed by atoms with van der Waals surface area (Å²) in [5.74, 6) is 1.10. The van der Waals surface area contributed by atoms with Gasteiger partial charge in [0, 0.05) is 30.8 Å². The molecule has 7 heteroatoms. The van der Waals surface area contributed by atoms with Gasteiger partial charge in [-0.15, -0.1) is 0 Å². The van der Waals surface area contributed by atoms with Crippen LogP contribution in [-0.4, -0.2) is 51.7 Å². The molecule has 0 spiro atoms. The van der Waals surface area contributed by atoms with Crippen molar-refractivity contribution in [2.75, 3.05) is 19.7 Å². The van der Waals surface area contributed by atoms with Crippen LogP contribution < -0.4 is 0 Å². The average Bonchev–Trinajstić information content (AvgIpc) is 3.23. The summed E-state index contributed by atoms with van der Waals surface area (Å²) in [5.41, 5.74) is 2.24. The van der Waals surface area contributed by atoms with Crippen molar-refractivity contribution >= 4 is 5.91 Å². The quantitative estimate of drug-likeness (QED) is 0.640. The third kappa shape index (κ3) is 4.86. The van der Waals surface area contributed by atoms with Gasteiger partial charge in [0.2, 0.25) is 0 Å². The minimum Gasteiger partial charge on any atom is -0.376 e. The summed E-state index contributed by atoms with van der Waals surface area (Å²) in [6, 6.07) is 15.2. The molecule has 0 saturated carbocycles. The Morgan fingerprint density at radius 3 is 2.86 bits per heavy atom. The molecule has 3 aromatic rings. The highest BCUT2D eigenvalue weighted by Gasteiger charge is 2.25. The lowest BCUT2D eigenvalue weighted by molar-refractivity contribution is 0.00232. The topological polar surface area (TPSA) is 81.4 Å². The van der Waals surface area contributed by atoms with Crippen molar-refractivity contribution in [2.45, 2.75) is 32.3 Å². The maximum Gasteiger partial charge on any atom is 0.272 e. The molecule has 1 aliphatic heterocycles. The predicted octanol–water partition coefficient (Wildman–Crippen LogP) is 3.30. The van der Waals surface area contributed by atoms with Gasteiger partial charge in [-0.2, -0.15) is 4.98 Å². The number of pyridine rings is 1. The number of carbonyl (C=O) groups is 1. The molecule has 1 aromatic carbocycles. The van der Waals surface area contributed by atoms with Crippen molar-refractivity contribution in [1.82, 2.24) is 20.0 Å². The number of benzene rings is 1. The average molecular weight is 392 g/mol. The van der Waals surface area contributed by atoms with E-state index in [1.165, 1.54) is 0 Å². The van der Waals surface area contributed by atoms with E-state index in [1.807, 2.05) is 54.3 Å². The highest BCUT2D eigenvalue weighted by Crippen LogP contribution is 2.18. The number of likely N-dealkylation sites (tertiary alicyclic amines) is 1.